The zero-order valence-electron chi connectivity index (χ0n) is 12.1. The number of hydrogen-bond acceptors (Lipinski definition) is 3. The fourth-order valence-electron chi connectivity index (χ4n) is 3.91. The summed E-state index contributed by atoms with van der Waals surface area (Å²) >= 11 is 3.51. The van der Waals surface area contributed by atoms with Gasteiger partial charge in [-0.05, 0) is 62.1 Å². The van der Waals surface area contributed by atoms with Gasteiger partial charge in [0.2, 0.25) is 0 Å². The van der Waals surface area contributed by atoms with Crippen LogP contribution in [0.5, 0.6) is 0 Å². The van der Waals surface area contributed by atoms with E-state index in [2.05, 4.69) is 44.6 Å². The lowest BCUT2D eigenvalue weighted by atomic mass is 9.53. The van der Waals surface area contributed by atoms with Gasteiger partial charge in [0.1, 0.15) is 5.84 Å². The highest BCUT2D eigenvalue weighted by Crippen LogP contribution is 2.56. The molecule has 0 saturated heterocycles. The summed E-state index contributed by atoms with van der Waals surface area (Å²) < 4.78 is 1.10. The molecule has 4 rings (SSSR count). The number of nitrogens with zero attached hydrogens (tertiary/aromatic N) is 1. The van der Waals surface area contributed by atoms with Gasteiger partial charge in [-0.15, -0.1) is 0 Å². The van der Waals surface area contributed by atoms with Crippen molar-refractivity contribution in [2.75, 3.05) is 11.9 Å². The van der Waals surface area contributed by atoms with E-state index in [-0.39, 0.29) is 5.41 Å². The van der Waals surface area contributed by atoms with Crippen LogP contribution in [0.4, 0.5) is 5.69 Å². The molecule has 5 heteroatoms. The third-order valence-electron chi connectivity index (χ3n) is 5.54. The van der Waals surface area contributed by atoms with Gasteiger partial charge < -0.3 is 16.3 Å². The number of nitrogens with two attached hydrogens (primary N) is 1. The van der Waals surface area contributed by atoms with Crippen LogP contribution in [-0.4, -0.2) is 17.6 Å². The Morgan fingerprint density at radius 2 is 1.90 bits per heavy atom. The van der Waals surface area contributed by atoms with E-state index in [9.17, 15) is 0 Å². The summed E-state index contributed by atoms with van der Waals surface area (Å²) in [4.78, 5) is 0. The summed E-state index contributed by atoms with van der Waals surface area (Å²) in [5.41, 5.74) is 7.43. The SMILES string of the molecule is NC(=NO)C12CCC(CNc3cccc(Br)c3)(CC1)CC2. The Hall–Kier alpha value is -1.23. The van der Waals surface area contributed by atoms with Crippen molar-refractivity contribution >= 4 is 27.5 Å². The molecule has 21 heavy (non-hydrogen) atoms. The Bertz CT molecular complexity index is 534. The number of benzene rings is 1. The molecule has 0 aliphatic heterocycles. The number of rotatable bonds is 4. The first-order valence-corrected chi connectivity index (χ1v) is 8.34. The normalized spacial score (nSPS) is 32.1. The molecule has 3 aliphatic carbocycles. The summed E-state index contributed by atoms with van der Waals surface area (Å²) in [6.45, 7) is 1.01. The lowest BCUT2D eigenvalue weighted by molar-refractivity contribution is 0.0410. The van der Waals surface area contributed by atoms with E-state index in [4.69, 9.17) is 10.9 Å². The summed E-state index contributed by atoms with van der Waals surface area (Å²) in [5.74, 6) is 0.441. The van der Waals surface area contributed by atoms with Crippen molar-refractivity contribution in [1.82, 2.24) is 0 Å². The third kappa shape index (κ3) is 2.76. The number of fused-ring (bicyclic) bond motifs is 3. The molecule has 0 atom stereocenters. The maximum absolute atomic E-state index is 8.99. The molecule has 1 aromatic rings. The van der Waals surface area contributed by atoms with Crippen LogP contribution in [0.1, 0.15) is 38.5 Å². The topological polar surface area (TPSA) is 70.6 Å². The third-order valence-corrected chi connectivity index (χ3v) is 6.04. The first kappa shape index (κ1) is 14.7. The molecule has 0 radical (unpaired) electrons. The number of halogens is 1. The van der Waals surface area contributed by atoms with E-state index in [0.717, 1.165) is 55.2 Å². The molecule has 0 heterocycles. The first-order chi connectivity index (χ1) is 10.1. The predicted octanol–water partition coefficient (Wildman–Crippen LogP) is 3.95. The van der Waals surface area contributed by atoms with Crippen molar-refractivity contribution in [2.24, 2.45) is 21.7 Å². The van der Waals surface area contributed by atoms with Crippen molar-refractivity contribution < 1.29 is 5.21 Å². The highest BCUT2D eigenvalue weighted by Gasteiger charge is 2.50. The summed E-state index contributed by atoms with van der Waals surface area (Å²) in [5, 5.41) is 15.9. The van der Waals surface area contributed by atoms with Crippen LogP contribution in [0.25, 0.3) is 0 Å². The number of amidine groups is 1. The van der Waals surface area contributed by atoms with Gasteiger partial charge >= 0.3 is 0 Å². The van der Waals surface area contributed by atoms with Crippen molar-refractivity contribution in [3.63, 3.8) is 0 Å². The van der Waals surface area contributed by atoms with Gasteiger partial charge in [0, 0.05) is 22.1 Å². The minimum Gasteiger partial charge on any atom is -0.409 e. The minimum absolute atomic E-state index is 0.0354. The van der Waals surface area contributed by atoms with Crippen molar-refractivity contribution in [3.05, 3.63) is 28.7 Å². The zero-order valence-corrected chi connectivity index (χ0v) is 13.7. The summed E-state index contributed by atoms with van der Waals surface area (Å²) in [7, 11) is 0. The summed E-state index contributed by atoms with van der Waals surface area (Å²) in [6.07, 6.45) is 6.61. The van der Waals surface area contributed by atoms with Crippen LogP contribution in [0.3, 0.4) is 0 Å². The molecule has 0 unspecified atom stereocenters. The van der Waals surface area contributed by atoms with Crippen LogP contribution >= 0.6 is 15.9 Å². The highest BCUT2D eigenvalue weighted by atomic mass is 79.9. The monoisotopic (exact) mass is 351 g/mol. The Balaban J connectivity index is 1.64. The smallest absolute Gasteiger partial charge is 0.145 e. The molecular formula is C16H22BrN3O. The zero-order chi connectivity index (χ0) is 14.9. The van der Waals surface area contributed by atoms with E-state index in [0.29, 0.717) is 11.3 Å². The van der Waals surface area contributed by atoms with Crippen LogP contribution in [0, 0.1) is 10.8 Å². The molecule has 4 N–H and O–H groups in total. The second-order valence-electron chi connectivity index (χ2n) is 6.63. The average Bonchev–Trinajstić information content (AvgIpc) is 2.54. The number of anilines is 1. The fraction of sp³-hybridized carbons (Fsp3) is 0.562. The molecule has 0 amide bonds. The van der Waals surface area contributed by atoms with Gasteiger partial charge in [0.25, 0.3) is 0 Å². The van der Waals surface area contributed by atoms with E-state index in [1.165, 1.54) is 0 Å². The first-order valence-electron chi connectivity index (χ1n) is 7.55. The van der Waals surface area contributed by atoms with Gasteiger partial charge in [-0.25, -0.2) is 0 Å². The van der Waals surface area contributed by atoms with Crippen molar-refractivity contribution in [3.8, 4) is 0 Å². The van der Waals surface area contributed by atoms with E-state index >= 15 is 0 Å². The molecule has 0 spiro atoms. The van der Waals surface area contributed by atoms with Crippen LogP contribution < -0.4 is 11.1 Å². The maximum Gasteiger partial charge on any atom is 0.145 e. The van der Waals surface area contributed by atoms with Gasteiger partial charge in [0.05, 0.1) is 0 Å². The number of nitrogens with one attached hydrogen (secondary N) is 1. The van der Waals surface area contributed by atoms with E-state index in [1.54, 1.807) is 0 Å². The molecule has 2 bridgehead atoms. The van der Waals surface area contributed by atoms with Crippen molar-refractivity contribution in [1.29, 1.82) is 0 Å². The molecule has 1 aromatic carbocycles. The van der Waals surface area contributed by atoms with E-state index in [1.807, 2.05) is 6.07 Å². The molecule has 114 valence electrons. The van der Waals surface area contributed by atoms with Crippen molar-refractivity contribution in [2.45, 2.75) is 38.5 Å². The Morgan fingerprint density at radius 3 is 2.48 bits per heavy atom. The fourth-order valence-corrected chi connectivity index (χ4v) is 4.31. The molecular weight excluding hydrogens is 330 g/mol. The number of hydrogen-bond donors (Lipinski definition) is 3. The standard InChI is InChI=1S/C16H22BrN3O/c17-12-2-1-3-13(10-12)19-11-15-4-7-16(8-5-15,9-6-15)14(18)20-21/h1-3,10,19,21H,4-9,11H2,(H2,18,20). The Kier molecular flexibility index (Phi) is 3.86. The quantitative estimate of drug-likeness (QED) is 0.333. The average molecular weight is 352 g/mol. The Morgan fingerprint density at radius 1 is 1.24 bits per heavy atom. The van der Waals surface area contributed by atoms with Crippen LogP contribution in [-0.2, 0) is 0 Å². The largest absolute Gasteiger partial charge is 0.409 e. The second-order valence-corrected chi connectivity index (χ2v) is 7.55. The summed E-state index contributed by atoms with van der Waals surface area (Å²) in [6, 6.07) is 8.31. The van der Waals surface area contributed by atoms with E-state index < -0.39 is 0 Å². The molecule has 3 fully saturated rings. The Labute approximate surface area is 133 Å². The lowest BCUT2D eigenvalue weighted by Crippen LogP contribution is -2.50. The van der Waals surface area contributed by atoms with Crippen LogP contribution in [0.15, 0.2) is 33.9 Å². The predicted molar refractivity (Wildman–Crippen MR) is 88.6 cm³/mol. The van der Waals surface area contributed by atoms with Crippen LogP contribution in [0.2, 0.25) is 0 Å². The number of oxime groups is 1. The molecule has 0 aromatic heterocycles. The van der Waals surface area contributed by atoms with Gasteiger partial charge in [0.15, 0.2) is 0 Å². The minimum atomic E-state index is -0.0354. The lowest BCUT2D eigenvalue weighted by Gasteiger charge is -2.53. The molecule has 3 saturated carbocycles. The maximum atomic E-state index is 8.99. The highest BCUT2D eigenvalue weighted by molar-refractivity contribution is 9.10. The second kappa shape index (κ2) is 5.52. The van der Waals surface area contributed by atoms with Gasteiger partial charge in [-0.3, -0.25) is 0 Å². The molecule has 4 nitrogen and oxygen atoms in total. The molecule has 3 aliphatic rings. The van der Waals surface area contributed by atoms with Gasteiger partial charge in [-0.2, -0.15) is 0 Å². The van der Waals surface area contributed by atoms with Gasteiger partial charge in [-0.1, -0.05) is 27.2 Å².